The van der Waals surface area contributed by atoms with Gasteiger partial charge in [0.15, 0.2) is 11.6 Å². The summed E-state index contributed by atoms with van der Waals surface area (Å²) in [6, 6.07) is 3.85. The van der Waals surface area contributed by atoms with Gasteiger partial charge in [-0.2, -0.15) is 0 Å². The van der Waals surface area contributed by atoms with E-state index >= 15 is 0 Å². The largest absolute Gasteiger partial charge is 0.394 e. The fourth-order valence-electron chi connectivity index (χ4n) is 1.89. The van der Waals surface area contributed by atoms with Crippen molar-refractivity contribution in [2.24, 2.45) is 0 Å². The van der Waals surface area contributed by atoms with Gasteiger partial charge in [-0.15, -0.1) is 0 Å². The molecule has 0 aromatic heterocycles. The van der Waals surface area contributed by atoms with Crippen LogP contribution in [-0.4, -0.2) is 17.3 Å². The fraction of sp³-hybridized carbons (Fsp3) is 0.500. The highest BCUT2D eigenvalue weighted by molar-refractivity contribution is 5.23. The lowest BCUT2D eigenvalue weighted by Crippen LogP contribution is -2.37. The molecule has 0 spiro atoms. The van der Waals surface area contributed by atoms with Crippen molar-refractivity contribution in [2.45, 2.75) is 31.3 Å². The van der Waals surface area contributed by atoms with Crippen LogP contribution in [0, 0.1) is 11.6 Å². The number of rotatable bonds is 4. The van der Waals surface area contributed by atoms with Crippen LogP contribution >= 0.6 is 0 Å². The lowest BCUT2D eigenvalue weighted by molar-refractivity contribution is 0.220. The summed E-state index contributed by atoms with van der Waals surface area (Å²) in [5.74, 6) is -1.64. The molecule has 1 aliphatic carbocycles. The summed E-state index contributed by atoms with van der Waals surface area (Å²) < 4.78 is 26.5. The Morgan fingerprint density at radius 3 is 2.69 bits per heavy atom. The van der Waals surface area contributed by atoms with E-state index in [1.54, 1.807) is 13.0 Å². The highest BCUT2D eigenvalue weighted by Crippen LogP contribution is 2.37. The minimum atomic E-state index is -0.833. The van der Waals surface area contributed by atoms with Crippen molar-refractivity contribution in [3.05, 3.63) is 35.4 Å². The predicted octanol–water partition coefficient (Wildman–Crippen LogP) is 2.14. The van der Waals surface area contributed by atoms with Gasteiger partial charge in [0.05, 0.1) is 6.61 Å². The Bertz CT molecular complexity index is 391. The van der Waals surface area contributed by atoms with Gasteiger partial charge in [0, 0.05) is 17.1 Å². The third-order valence-electron chi connectivity index (χ3n) is 3.13. The molecule has 1 unspecified atom stereocenters. The SMILES string of the molecule is CC(NC1(CO)CC1)c1cccc(F)c1F. The molecule has 2 nitrogen and oxygen atoms in total. The minimum absolute atomic E-state index is 0.0360. The van der Waals surface area contributed by atoms with Crippen molar-refractivity contribution in [1.82, 2.24) is 5.32 Å². The Morgan fingerprint density at radius 1 is 1.44 bits per heavy atom. The van der Waals surface area contributed by atoms with Gasteiger partial charge in [-0.25, -0.2) is 8.78 Å². The molecule has 1 atom stereocenters. The molecule has 88 valence electrons. The lowest BCUT2D eigenvalue weighted by Gasteiger charge is -2.21. The first-order chi connectivity index (χ1) is 7.58. The minimum Gasteiger partial charge on any atom is -0.394 e. The molecule has 2 N–H and O–H groups in total. The molecule has 1 aromatic carbocycles. The Morgan fingerprint density at radius 2 is 2.12 bits per heavy atom. The molecule has 0 heterocycles. The maximum absolute atomic E-state index is 13.5. The van der Waals surface area contributed by atoms with Crippen molar-refractivity contribution >= 4 is 0 Å². The van der Waals surface area contributed by atoms with Gasteiger partial charge < -0.3 is 10.4 Å². The molecule has 0 saturated heterocycles. The van der Waals surface area contributed by atoms with Crippen molar-refractivity contribution < 1.29 is 13.9 Å². The summed E-state index contributed by atoms with van der Waals surface area (Å²) in [6.45, 7) is 1.81. The number of aliphatic hydroxyl groups excluding tert-OH is 1. The summed E-state index contributed by atoms with van der Waals surface area (Å²) in [7, 11) is 0. The lowest BCUT2D eigenvalue weighted by atomic mass is 10.1. The maximum Gasteiger partial charge on any atom is 0.163 e. The first-order valence-electron chi connectivity index (χ1n) is 5.40. The number of halogens is 2. The molecular formula is C12H15F2NO. The van der Waals surface area contributed by atoms with Gasteiger partial charge in [-0.3, -0.25) is 0 Å². The molecule has 1 aromatic rings. The second-order valence-corrected chi connectivity index (χ2v) is 4.45. The summed E-state index contributed by atoms with van der Waals surface area (Å²) in [5.41, 5.74) is 0.0257. The van der Waals surface area contributed by atoms with Crippen LogP contribution in [0.2, 0.25) is 0 Å². The molecular weight excluding hydrogens is 212 g/mol. The van der Waals surface area contributed by atoms with E-state index in [-0.39, 0.29) is 18.2 Å². The average Bonchev–Trinajstić information content (AvgIpc) is 3.02. The molecule has 4 heteroatoms. The summed E-state index contributed by atoms with van der Waals surface area (Å²) in [6.07, 6.45) is 1.76. The van der Waals surface area contributed by atoms with E-state index in [4.69, 9.17) is 5.11 Å². The summed E-state index contributed by atoms with van der Waals surface area (Å²) in [4.78, 5) is 0. The van der Waals surface area contributed by atoms with E-state index in [2.05, 4.69) is 5.32 Å². The van der Waals surface area contributed by atoms with E-state index in [1.807, 2.05) is 0 Å². The molecule has 0 aliphatic heterocycles. The second-order valence-electron chi connectivity index (χ2n) is 4.45. The predicted molar refractivity (Wildman–Crippen MR) is 57.0 cm³/mol. The van der Waals surface area contributed by atoms with E-state index in [0.717, 1.165) is 18.9 Å². The smallest absolute Gasteiger partial charge is 0.163 e. The zero-order valence-corrected chi connectivity index (χ0v) is 9.13. The molecule has 0 bridgehead atoms. The number of aliphatic hydroxyl groups is 1. The average molecular weight is 227 g/mol. The van der Waals surface area contributed by atoms with Crippen molar-refractivity contribution in [2.75, 3.05) is 6.61 Å². The summed E-state index contributed by atoms with van der Waals surface area (Å²) in [5, 5.41) is 12.3. The standard InChI is InChI=1S/C12H15F2NO/c1-8(15-12(7-16)5-6-12)9-3-2-4-10(13)11(9)14/h2-4,8,15-16H,5-7H2,1H3. The molecule has 0 radical (unpaired) electrons. The van der Waals surface area contributed by atoms with Gasteiger partial charge in [-0.05, 0) is 25.8 Å². The highest BCUT2D eigenvalue weighted by Gasteiger charge is 2.43. The van der Waals surface area contributed by atoms with E-state index in [0.29, 0.717) is 5.56 Å². The van der Waals surface area contributed by atoms with Gasteiger partial charge in [0.2, 0.25) is 0 Å². The topological polar surface area (TPSA) is 32.3 Å². The van der Waals surface area contributed by atoms with Crippen LogP contribution in [0.5, 0.6) is 0 Å². The molecule has 1 saturated carbocycles. The van der Waals surface area contributed by atoms with E-state index in [9.17, 15) is 8.78 Å². The highest BCUT2D eigenvalue weighted by atomic mass is 19.2. The number of hydrogen-bond acceptors (Lipinski definition) is 2. The Kier molecular flexibility index (Phi) is 2.95. The first kappa shape index (κ1) is 11.5. The molecule has 1 fully saturated rings. The number of benzene rings is 1. The van der Waals surface area contributed by atoms with Crippen LogP contribution in [0.15, 0.2) is 18.2 Å². The summed E-state index contributed by atoms with van der Waals surface area (Å²) >= 11 is 0. The zero-order chi connectivity index (χ0) is 11.8. The monoisotopic (exact) mass is 227 g/mol. The Balaban J connectivity index is 2.14. The van der Waals surface area contributed by atoms with Crippen molar-refractivity contribution in [1.29, 1.82) is 0 Å². The Hall–Kier alpha value is -1.00. The van der Waals surface area contributed by atoms with Crippen LogP contribution in [0.3, 0.4) is 0 Å². The van der Waals surface area contributed by atoms with Crippen LogP contribution in [-0.2, 0) is 0 Å². The fourth-order valence-corrected chi connectivity index (χ4v) is 1.89. The maximum atomic E-state index is 13.5. The zero-order valence-electron chi connectivity index (χ0n) is 9.13. The van der Waals surface area contributed by atoms with Crippen LogP contribution < -0.4 is 5.32 Å². The van der Waals surface area contributed by atoms with Crippen LogP contribution in [0.4, 0.5) is 8.78 Å². The van der Waals surface area contributed by atoms with Crippen LogP contribution in [0.1, 0.15) is 31.4 Å². The Labute approximate surface area is 93.3 Å². The van der Waals surface area contributed by atoms with Gasteiger partial charge in [-0.1, -0.05) is 12.1 Å². The normalized spacial score (nSPS) is 19.5. The molecule has 1 aliphatic rings. The number of nitrogens with one attached hydrogen (secondary N) is 1. The quantitative estimate of drug-likeness (QED) is 0.826. The van der Waals surface area contributed by atoms with Gasteiger partial charge >= 0.3 is 0 Å². The van der Waals surface area contributed by atoms with Crippen LogP contribution in [0.25, 0.3) is 0 Å². The molecule has 16 heavy (non-hydrogen) atoms. The van der Waals surface area contributed by atoms with E-state index in [1.165, 1.54) is 6.07 Å². The third-order valence-corrected chi connectivity index (χ3v) is 3.13. The van der Waals surface area contributed by atoms with Crippen molar-refractivity contribution in [3.8, 4) is 0 Å². The molecule has 0 amide bonds. The molecule has 2 rings (SSSR count). The van der Waals surface area contributed by atoms with E-state index < -0.39 is 11.6 Å². The second kappa shape index (κ2) is 4.11. The van der Waals surface area contributed by atoms with Gasteiger partial charge in [0.25, 0.3) is 0 Å². The van der Waals surface area contributed by atoms with Crippen molar-refractivity contribution in [3.63, 3.8) is 0 Å². The third kappa shape index (κ3) is 2.08. The first-order valence-corrected chi connectivity index (χ1v) is 5.40. The van der Waals surface area contributed by atoms with Gasteiger partial charge in [0.1, 0.15) is 0 Å². The number of hydrogen-bond donors (Lipinski definition) is 2.